The third-order valence-corrected chi connectivity index (χ3v) is 8.32. The smallest absolute Gasteiger partial charge is 0.256 e. The van der Waals surface area contributed by atoms with Crippen molar-refractivity contribution in [2.75, 3.05) is 17.2 Å². The van der Waals surface area contributed by atoms with Crippen LogP contribution in [0.4, 0.5) is 11.4 Å². The van der Waals surface area contributed by atoms with Crippen molar-refractivity contribution >= 4 is 66.0 Å². The fraction of sp³-hybridized carbons (Fsp3) is 0.226. The molecule has 2 aromatic heterocycles. The van der Waals surface area contributed by atoms with Gasteiger partial charge in [-0.1, -0.05) is 43.9 Å². The second-order valence-electron chi connectivity index (χ2n) is 11.0. The largest absolute Gasteiger partial charge is 0.360 e. The van der Waals surface area contributed by atoms with Gasteiger partial charge >= 0.3 is 0 Å². The summed E-state index contributed by atoms with van der Waals surface area (Å²) < 4.78 is 7.93. The van der Waals surface area contributed by atoms with Crippen molar-refractivity contribution in [3.63, 3.8) is 0 Å². The Labute approximate surface area is 234 Å². The molecule has 8 nitrogen and oxygen atoms in total. The van der Waals surface area contributed by atoms with Crippen molar-refractivity contribution in [1.82, 2.24) is 14.8 Å². The topological polar surface area (TPSA) is 98.1 Å². The van der Waals surface area contributed by atoms with Crippen LogP contribution in [0, 0.1) is 0 Å². The number of ether oxygens (including phenoxy) is 1. The number of pyridine rings is 1. The Morgan fingerprint density at radius 2 is 1.88 bits per heavy atom. The third kappa shape index (κ3) is 6.27. The van der Waals surface area contributed by atoms with Gasteiger partial charge in [0.05, 0.1) is 22.6 Å². The number of para-hydroxylation sites is 1. The van der Waals surface area contributed by atoms with Crippen LogP contribution < -0.4 is 10.6 Å². The minimum atomic E-state index is -1.21. The number of nitrogens with one attached hydrogen (secondary N) is 2. The monoisotopic (exact) mass is 551 g/mol. The van der Waals surface area contributed by atoms with Crippen molar-refractivity contribution in [2.45, 2.75) is 39.3 Å². The standard InChI is InChI=1S/C31H33N5O3Si/c1-21(37)33-28-7-5-6-24-26(31(38)34-30(24)28)18-23-8-10-25-27(11-9-22-12-14-32-15-13-22)35-36(29(25)19-23)20-39-16-17-40(2,3)4/h5-15,18-19H,16-17,20H2,1-4H3,(H,33,37)(H,34,38)/b11-9+,26-18+. The molecule has 40 heavy (non-hydrogen) atoms. The van der Waals surface area contributed by atoms with Crippen molar-refractivity contribution in [3.05, 3.63) is 83.3 Å². The van der Waals surface area contributed by atoms with Crippen LogP contribution >= 0.6 is 0 Å². The molecular weight excluding hydrogens is 518 g/mol. The number of nitrogens with zero attached hydrogens (tertiary/aromatic N) is 3. The van der Waals surface area contributed by atoms with Crippen LogP contribution in [0.2, 0.25) is 25.7 Å². The van der Waals surface area contributed by atoms with E-state index in [9.17, 15) is 9.59 Å². The molecule has 2 N–H and O–H groups in total. The first kappa shape index (κ1) is 27.2. The minimum Gasteiger partial charge on any atom is -0.360 e. The quantitative estimate of drug-likeness (QED) is 0.143. The minimum absolute atomic E-state index is 0.195. The van der Waals surface area contributed by atoms with Gasteiger partial charge in [-0.05, 0) is 59.7 Å². The number of rotatable bonds is 9. The maximum Gasteiger partial charge on any atom is 0.256 e. The van der Waals surface area contributed by atoms with E-state index in [1.807, 2.05) is 65.4 Å². The summed E-state index contributed by atoms with van der Waals surface area (Å²) in [5, 5.41) is 11.5. The number of aromatic nitrogens is 3. The molecule has 0 fully saturated rings. The lowest BCUT2D eigenvalue weighted by molar-refractivity contribution is -0.114. The number of anilines is 2. The molecule has 1 aliphatic rings. The summed E-state index contributed by atoms with van der Waals surface area (Å²) in [6, 6.07) is 16.5. The van der Waals surface area contributed by atoms with Gasteiger partial charge < -0.3 is 15.4 Å². The van der Waals surface area contributed by atoms with Gasteiger partial charge in [0.15, 0.2) is 0 Å². The van der Waals surface area contributed by atoms with E-state index in [0.29, 0.717) is 30.3 Å². The Kier molecular flexibility index (Phi) is 7.77. The highest BCUT2D eigenvalue weighted by Gasteiger charge is 2.26. The van der Waals surface area contributed by atoms with Crippen LogP contribution in [0.15, 0.2) is 60.9 Å². The number of carbonyl (C=O) groups is 2. The zero-order chi connectivity index (χ0) is 28.3. The summed E-state index contributed by atoms with van der Waals surface area (Å²) in [6.45, 7) is 9.47. The normalized spacial score (nSPS) is 14.2. The molecule has 2 amide bonds. The van der Waals surface area contributed by atoms with Gasteiger partial charge in [-0.2, -0.15) is 5.10 Å². The van der Waals surface area contributed by atoms with Crippen LogP contribution in [0.25, 0.3) is 34.7 Å². The molecule has 0 atom stereocenters. The van der Waals surface area contributed by atoms with Gasteiger partial charge in [0.1, 0.15) is 6.73 Å². The van der Waals surface area contributed by atoms with Gasteiger partial charge in [-0.25, -0.2) is 4.68 Å². The Balaban J connectivity index is 1.50. The average Bonchev–Trinajstić information content (AvgIpc) is 3.42. The fourth-order valence-electron chi connectivity index (χ4n) is 4.53. The molecule has 0 radical (unpaired) electrons. The number of hydrogen-bond acceptors (Lipinski definition) is 5. The Morgan fingerprint density at radius 3 is 2.62 bits per heavy atom. The first-order chi connectivity index (χ1) is 19.2. The number of benzene rings is 2. The third-order valence-electron chi connectivity index (χ3n) is 6.61. The molecule has 204 valence electrons. The molecule has 3 heterocycles. The van der Waals surface area contributed by atoms with E-state index in [4.69, 9.17) is 9.84 Å². The van der Waals surface area contributed by atoms with E-state index >= 15 is 0 Å². The molecule has 0 bridgehead atoms. The van der Waals surface area contributed by atoms with E-state index in [1.54, 1.807) is 18.5 Å². The number of carbonyl (C=O) groups excluding carboxylic acids is 2. The lowest BCUT2D eigenvalue weighted by atomic mass is 10.0. The first-order valence-corrected chi connectivity index (χ1v) is 17.0. The SMILES string of the molecule is CC(=O)Nc1cccc2c1NC(=O)/C2=C/c1ccc2c(/C=C/c3ccncc3)nn(COCC[Si](C)(C)C)c2c1. The van der Waals surface area contributed by atoms with Crippen LogP contribution in [-0.4, -0.2) is 41.3 Å². The fourth-order valence-corrected chi connectivity index (χ4v) is 5.28. The molecule has 0 spiro atoms. The number of hydrogen-bond donors (Lipinski definition) is 2. The first-order valence-electron chi connectivity index (χ1n) is 13.3. The molecule has 0 unspecified atom stereocenters. The van der Waals surface area contributed by atoms with E-state index in [1.165, 1.54) is 6.92 Å². The molecule has 1 aliphatic heterocycles. The van der Waals surface area contributed by atoms with Crippen molar-refractivity contribution in [3.8, 4) is 0 Å². The average molecular weight is 552 g/mol. The lowest BCUT2D eigenvalue weighted by Crippen LogP contribution is -2.22. The molecule has 5 rings (SSSR count). The van der Waals surface area contributed by atoms with Crippen LogP contribution in [-0.2, 0) is 21.1 Å². The van der Waals surface area contributed by atoms with E-state index in [0.717, 1.165) is 39.3 Å². The molecular formula is C31H33N5O3Si. The zero-order valence-electron chi connectivity index (χ0n) is 23.2. The van der Waals surface area contributed by atoms with Gasteiger partial charge in [0.2, 0.25) is 5.91 Å². The van der Waals surface area contributed by atoms with Crippen LogP contribution in [0.1, 0.15) is 29.3 Å². The highest BCUT2D eigenvalue weighted by Crippen LogP contribution is 2.38. The van der Waals surface area contributed by atoms with Crippen LogP contribution in [0.5, 0.6) is 0 Å². The van der Waals surface area contributed by atoms with E-state index < -0.39 is 8.07 Å². The molecule has 9 heteroatoms. The van der Waals surface area contributed by atoms with Gasteiger partial charge in [-0.15, -0.1) is 0 Å². The molecule has 0 saturated carbocycles. The maximum atomic E-state index is 12.9. The Morgan fingerprint density at radius 1 is 1.07 bits per heavy atom. The predicted molar refractivity (Wildman–Crippen MR) is 164 cm³/mol. The second-order valence-corrected chi connectivity index (χ2v) is 16.7. The molecule has 4 aromatic rings. The summed E-state index contributed by atoms with van der Waals surface area (Å²) in [4.78, 5) is 28.7. The zero-order valence-corrected chi connectivity index (χ0v) is 24.2. The van der Waals surface area contributed by atoms with Gasteiger partial charge in [0, 0.05) is 50.5 Å². The van der Waals surface area contributed by atoms with E-state index in [2.05, 4.69) is 35.3 Å². The number of fused-ring (bicyclic) bond motifs is 2. The summed E-state index contributed by atoms with van der Waals surface area (Å²) in [7, 11) is -1.21. The van der Waals surface area contributed by atoms with Gasteiger partial charge in [-0.3, -0.25) is 14.6 Å². The van der Waals surface area contributed by atoms with Gasteiger partial charge in [0.25, 0.3) is 5.91 Å². The highest BCUT2D eigenvalue weighted by atomic mass is 28.3. The Bertz CT molecular complexity index is 1630. The maximum absolute atomic E-state index is 12.9. The van der Waals surface area contributed by atoms with Crippen molar-refractivity contribution in [1.29, 1.82) is 0 Å². The molecule has 0 saturated heterocycles. The molecule has 2 aromatic carbocycles. The summed E-state index contributed by atoms with van der Waals surface area (Å²) in [5.41, 5.74) is 6.14. The summed E-state index contributed by atoms with van der Waals surface area (Å²) in [5.74, 6) is -0.406. The summed E-state index contributed by atoms with van der Waals surface area (Å²) >= 11 is 0. The van der Waals surface area contributed by atoms with Crippen molar-refractivity contribution in [2.24, 2.45) is 0 Å². The Hall–Kier alpha value is -4.34. The summed E-state index contributed by atoms with van der Waals surface area (Å²) in [6.07, 6.45) is 9.41. The molecule has 0 aliphatic carbocycles. The lowest BCUT2D eigenvalue weighted by Gasteiger charge is -2.15. The van der Waals surface area contributed by atoms with Crippen molar-refractivity contribution < 1.29 is 14.3 Å². The highest BCUT2D eigenvalue weighted by molar-refractivity contribution is 6.76. The van der Waals surface area contributed by atoms with Crippen LogP contribution in [0.3, 0.4) is 0 Å². The van der Waals surface area contributed by atoms with E-state index in [-0.39, 0.29) is 11.8 Å². The second kappa shape index (κ2) is 11.4. The predicted octanol–water partition coefficient (Wildman–Crippen LogP) is 6.37. The number of amides is 2.